The first-order valence-corrected chi connectivity index (χ1v) is 10.3. The van der Waals surface area contributed by atoms with Crippen LogP contribution in [0.15, 0.2) is 0 Å². The van der Waals surface area contributed by atoms with Gasteiger partial charge in [0.2, 0.25) is 0 Å². The van der Waals surface area contributed by atoms with Gasteiger partial charge in [0.1, 0.15) is 0 Å². The SMILES string of the molecule is C[C](=O)[Ti]([CH3])([CH3])[N]1CCNCCNCC1.Cl.Cl.Cl. The van der Waals surface area contributed by atoms with Crippen molar-refractivity contribution in [3.05, 3.63) is 0 Å². The van der Waals surface area contributed by atoms with Crippen molar-refractivity contribution in [3.8, 4) is 0 Å². The van der Waals surface area contributed by atoms with Crippen LogP contribution >= 0.6 is 37.2 Å². The summed E-state index contributed by atoms with van der Waals surface area (Å²) in [5, 5.41) is 11.2. The fourth-order valence-corrected chi connectivity index (χ4v) is 4.54. The van der Waals surface area contributed by atoms with Crippen LogP contribution in [0.3, 0.4) is 0 Å². The molecule has 0 amide bonds. The maximum absolute atomic E-state index is 11.6. The third-order valence-electron chi connectivity index (χ3n) is 3.25. The molecule has 1 fully saturated rings. The summed E-state index contributed by atoms with van der Waals surface area (Å²) in [5.41, 5.74) is 0. The summed E-state index contributed by atoms with van der Waals surface area (Å²) in [6, 6.07) is 0. The van der Waals surface area contributed by atoms with E-state index in [-0.39, 0.29) is 37.2 Å². The summed E-state index contributed by atoms with van der Waals surface area (Å²) in [7, 11) is 0. The van der Waals surface area contributed by atoms with Gasteiger partial charge in [-0.1, -0.05) is 0 Å². The smallest absolute Gasteiger partial charge is 0.147 e. The Hall–Kier alpha value is 1.13. The van der Waals surface area contributed by atoms with Gasteiger partial charge in [-0.25, -0.2) is 0 Å². The summed E-state index contributed by atoms with van der Waals surface area (Å²) in [6.07, 6.45) is 0. The van der Waals surface area contributed by atoms with E-state index in [1.165, 1.54) is 0 Å². The summed E-state index contributed by atoms with van der Waals surface area (Å²) in [6.45, 7) is 7.87. The Bertz CT molecular complexity index is 222. The predicted octanol–water partition coefficient (Wildman–Crippen LogP) is 1.46. The summed E-state index contributed by atoms with van der Waals surface area (Å²) >= 11 is -2.37. The Balaban J connectivity index is -0.000000750. The molecule has 8 heteroatoms. The van der Waals surface area contributed by atoms with Crippen molar-refractivity contribution in [2.75, 3.05) is 39.3 Å². The Kier molecular flexibility index (Phi) is 16.0. The monoisotopic (exact) mass is 357 g/mol. The van der Waals surface area contributed by atoms with Crippen LogP contribution in [-0.2, 0) is 21.6 Å². The molecule has 112 valence electrons. The average molecular weight is 359 g/mol. The van der Waals surface area contributed by atoms with Crippen molar-refractivity contribution in [2.45, 2.75) is 17.4 Å². The van der Waals surface area contributed by atoms with E-state index < -0.39 is 16.8 Å². The minimum absolute atomic E-state index is 0. The van der Waals surface area contributed by atoms with Gasteiger partial charge in [0.25, 0.3) is 0 Å². The summed E-state index contributed by atoms with van der Waals surface area (Å²) in [4.78, 5) is 11.6. The van der Waals surface area contributed by atoms with Crippen LogP contribution in [0.5, 0.6) is 0 Å². The number of halogens is 3. The minimum Gasteiger partial charge on any atom is -0.147 e. The van der Waals surface area contributed by atoms with E-state index in [1.54, 1.807) is 6.92 Å². The number of nitrogens with one attached hydrogen (secondary N) is 2. The Morgan fingerprint density at radius 1 is 0.944 bits per heavy atom. The van der Waals surface area contributed by atoms with Gasteiger partial charge in [-0.3, -0.25) is 0 Å². The molecule has 0 aromatic carbocycles. The normalized spacial score (nSPS) is 17.9. The number of carbonyl (C=O) groups is 1. The van der Waals surface area contributed by atoms with Gasteiger partial charge in [-0.05, 0) is 0 Å². The molecular weight excluding hydrogens is 332 g/mol. The average Bonchev–Trinajstić information content (AvgIpc) is 2.30. The van der Waals surface area contributed by atoms with E-state index in [2.05, 4.69) is 24.5 Å². The summed E-state index contributed by atoms with van der Waals surface area (Å²) in [5.74, 6) is 0. The molecule has 1 heterocycles. The Morgan fingerprint density at radius 3 is 1.67 bits per heavy atom. The topological polar surface area (TPSA) is 44.4 Å². The summed E-state index contributed by atoms with van der Waals surface area (Å²) < 4.78 is 2.86. The second-order valence-electron chi connectivity index (χ2n) is 4.60. The van der Waals surface area contributed by atoms with Crippen LogP contribution < -0.4 is 10.6 Å². The molecule has 0 unspecified atom stereocenters. The van der Waals surface area contributed by atoms with E-state index in [9.17, 15) is 4.79 Å². The predicted molar refractivity (Wildman–Crippen MR) is 81.5 cm³/mol. The van der Waals surface area contributed by atoms with Crippen LogP contribution in [-0.4, -0.2) is 46.7 Å². The fraction of sp³-hybridized carbons (Fsp3) is 0.900. The molecule has 0 aromatic heterocycles. The van der Waals surface area contributed by atoms with Crippen LogP contribution in [0.25, 0.3) is 0 Å². The van der Waals surface area contributed by atoms with Gasteiger partial charge in [-0.15, -0.1) is 37.2 Å². The van der Waals surface area contributed by atoms with Gasteiger partial charge < -0.3 is 0 Å². The van der Waals surface area contributed by atoms with Gasteiger partial charge in [-0.2, -0.15) is 0 Å². The van der Waals surface area contributed by atoms with Crippen LogP contribution in [0.1, 0.15) is 6.92 Å². The van der Waals surface area contributed by atoms with E-state index in [0.29, 0.717) is 4.09 Å². The molecule has 1 rings (SSSR count). The zero-order chi connectivity index (χ0) is 11.3. The first-order chi connectivity index (χ1) is 7.05. The molecule has 0 spiro atoms. The Labute approximate surface area is 133 Å². The minimum atomic E-state index is -2.37. The Morgan fingerprint density at radius 2 is 1.33 bits per heavy atom. The van der Waals surface area contributed by atoms with E-state index in [4.69, 9.17) is 0 Å². The van der Waals surface area contributed by atoms with Crippen LogP contribution in [0.2, 0.25) is 10.5 Å². The number of hydrogen-bond acceptors (Lipinski definition) is 4. The zero-order valence-electron chi connectivity index (χ0n) is 11.3. The first kappa shape index (κ1) is 24.2. The number of nitrogens with zero attached hydrogens (tertiary/aromatic N) is 1. The quantitative estimate of drug-likeness (QED) is 0.734. The molecule has 0 aromatic rings. The van der Waals surface area contributed by atoms with Crippen molar-refractivity contribution in [2.24, 2.45) is 0 Å². The molecule has 0 radical (unpaired) electrons. The molecule has 0 bridgehead atoms. The number of hydrogen-bond donors (Lipinski definition) is 2. The number of rotatable bonds is 2. The third-order valence-corrected chi connectivity index (χ3v) is 9.11. The van der Waals surface area contributed by atoms with Crippen LogP contribution in [0.4, 0.5) is 0 Å². The second kappa shape index (κ2) is 11.9. The molecule has 1 aliphatic rings. The first-order valence-electron chi connectivity index (χ1n) is 5.72. The van der Waals surface area contributed by atoms with E-state index in [1.807, 2.05) is 0 Å². The standard InChI is InChI=1S/C6H14N3.C2H3O.2CH3.3ClH.Ti/c1-2-8-5-6-9-4-3-7-1;1-2-3;;;;;;/h7-8H,1-6H2;1H3;2*1H3;3*1H;/q-1;;;;;;;+1. The molecule has 18 heavy (non-hydrogen) atoms. The molecular formula is C10H26Cl3N3OTi. The fourth-order valence-electron chi connectivity index (χ4n) is 1.75. The van der Waals surface area contributed by atoms with Gasteiger partial charge in [0.15, 0.2) is 0 Å². The molecule has 0 atom stereocenters. The van der Waals surface area contributed by atoms with E-state index in [0.717, 1.165) is 39.3 Å². The largest absolute Gasteiger partial charge is 0.147 e. The second-order valence-corrected chi connectivity index (χ2v) is 11.6. The van der Waals surface area contributed by atoms with Gasteiger partial charge >= 0.3 is 96.4 Å². The molecule has 4 nitrogen and oxygen atoms in total. The maximum Gasteiger partial charge on any atom is -0.147 e. The molecule has 1 saturated heterocycles. The molecule has 1 aliphatic heterocycles. The third kappa shape index (κ3) is 7.66. The van der Waals surface area contributed by atoms with Gasteiger partial charge in [0, 0.05) is 0 Å². The van der Waals surface area contributed by atoms with Crippen molar-refractivity contribution in [1.82, 2.24) is 14.0 Å². The van der Waals surface area contributed by atoms with Crippen molar-refractivity contribution in [1.29, 1.82) is 0 Å². The van der Waals surface area contributed by atoms with Gasteiger partial charge in [0.05, 0.1) is 0 Å². The number of carbonyl (C=O) groups excluding carboxylic acids is 1. The molecule has 0 aliphatic carbocycles. The van der Waals surface area contributed by atoms with Crippen LogP contribution in [0, 0.1) is 0 Å². The van der Waals surface area contributed by atoms with Crippen molar-refractivity contribution < 1.29 is 21.6 Å². The van der Waals surface area contributed by atoms with Crippen molar-refractivity contribution in [3.63, 3.8) is 0 Å². The molecule has 2 N–H and O–H groups in total. The molecule has 0 saturated carbocycles. The zero-order valence-corrected chi connectivity index (χ0v) is 15.3. The maximum atomic E-state index is 11.6. The van der Waals surface area contributed by atoms with Crippen molar-refractivity contribution >= 4 is 41.3 Å². The van der Waals surface area contributed by atoms with E-state index >= 15 is 0 Å².